The van der Waals surface area contributed by atoms with Crippen LogP contribution in [-0.4, -0.2) is 140 Å². The third-order valence-electron chi connectivity index (χ3n) is 12.4. The number of carbonyl (C=O) groups is 8. The van der Waals surface area contributed by atoms with Crippen molar-refractivity contribution < 1.29 is 48.6 Å². The SMILES string of the molecule is CC[C@@H](C)[C@H](NC(=O)[C@@H](Cc1ccc(O)cc1)NC(=O)[C@H](NC(=O)[C@@H](CCCN=C(N)N)NC(=O)[C@@H](C)N)C(C)C)C(=O)N[C@@H](Cc1cnc[nH]1)C(=O)N1CCC[C@@H]1C(=O)N[C@@H](Cc1ccccc1)C(=O)O. The number of nitrogens with zero attached hydrogens (tertiary/aromatic N) is 3. The number of nitrogens with two attached hydrogens (primary N) is 3. The summed E-state index contributed by atoms with van der Waals surface area (Å²) in [5, 5.41) is 36.3. The Morgan fingerprint density at radius 1 is 0.750 bits per heavy atom. The highest BCUT2D eigenvalue weighted by Gasteiger charge is 2.41. The van der Waals surface area contributed by atoms with Crippen molar-refractivity contribution in [3.8, 4) is 5.75 Å². The predicted molar refractivity (Wildman–Crippen MR) is 266 cm³/mol. The number of guanidine groups is 1. The number of aliphatic carboxylic acids is 1. The van der Waals surface area contributed by atoms with Crippen LogP contribution in [0.2, 0.25) is 0 Å². The summed E-state index contributed by atoms with van der Waals surface area (Å²) in [6.07, 6.45) is 4.09. The Balaban J connectivity index is 1.58. The van der Waals surface area contributed by atoms with Crippen molar-refractivity contribution in [3.05, 3.63) is 83.9 Å². The summed E-state index contributed by atoms with van der Waals surface area (Å²) in [5.41, 5.74) is 18.3. The van der Waals surface area contributed by atoms with Crippen molar-refractivity contribution in [1.29, 1.82) is 0 Å². The Morgan fingerprint density at radius 2 is 1.35 bits per heavy atom. The van der Waals surface area contributed by atoms with Gasteiger partial charge in [-0.15, -0.1) is 0 Å². The van der Waals surface area contributed by atoms with Gasteiger partial charge in [-0.2, -0.15) is 0 Å². The monoisotopic (exact) mass is 1000 g/mol. The number of hydrogen-bond donors (Lipinski definition) is 12. The molecular formula is C49H71N13O10. The first kappa shape index (κ1) is 57.0. The van der Waals surface area contributed by atoms with Crippen LogP contribution >= 0.6 is 0 Å². The van der Waals surface area contributed by atoms with Gasteiger partial charge in [-0.1, -0.05) is 76.6 Å². The average molecular weight is 1000 g/mol. The van der Waals surface area contributed by atoms with Gasteiger partial charge in [-0.3, -0.25) is 38.6 Å². The van der Waals surface area contributed by atoms with Gasteiger partial charge in [0.2, 0.25) is 41.4 Å². The van der Waals surface area contributed by atoms with E-state index in [1.54, 1.807) is 70.2 Å². The maximum atomic E-state index is 14.5. The Morgan fingerprint density at radius 3 is 1.94 bits per heavy atom. The van der Waals surface area contributed by atoms with Crippen molar-refractivity contribution in [2.75, 3.05) is 13.1 Å². The molecule has 4 rings (SSSR count). The Hall–Kier alpha value is -7.56. The van der Waals surface area contributed by atoms with E-state index in [1.165, 1.54) is 36.5 Å². The topological polar surface area (TPSA) is 372 Å². The standard InChI is InChI=1S/C49H71N13O10/c1-6-28(4)40(46(69)58-36(24-32-25-53-26-55-32)47(70)62-21-11-15-38(62)44(67)59-37(48(71)72)23-30-12-8-7-9-13-30)61-43(66)35(22-31-16-18-33(63)19-17-31)57-45(68)39(27(2)3)60-42(65)34(56-41(64)29(5)50)14-10-20-54-49(51)52/h7-9,12-13,16-19,25-29,34-40,63H,6,10-11,14-15,20-24,50H2,1-5H3,(H,53,55)(H,56,64)(H,57,68)(H,58,69)(H,59,67)(H,60,65)(H,61,66)(H,71,72)(H4,51,52,54)/t28-,29-,34-,35-,36+,37+,38-,39-,40+/m1/s1. The number of aromatic nitrogens is 2. The molecule has 1 fully saturated rings. The van der Waals surface area contributed by atoms with Crippen molar-refractivity contribution in [2.45, 2.75) is 134 Å². The molecule has 1 aromatic heterocycles. The fourth-order valence-electron chi connectivity index (χ4n) is 8.06. The summed E-state index contributed by atoms with van der Waals surface area (Å²) in [4.78, 5) is 122. The van der Waals surface area contributed by atoms with E-state index in [4.69, 9.17) is 17.2 Å². The number of amides is 7. The zero-order valence-corrected chi connectivity index (χ0v) is 41.4. The minimum atomic E-state index is -1.37. The maximum absolute atomic E-state index is 14.5. The van der Waals surface area contributed by atoms with Crippen molar-refractivity contribution in [3.63, 3.8) is 0 Å². The second-order valence-corrected chi connectivity index (χ2v) is 18.5. The average Bonchev–Trinajstić information content (AvgIpc) is 4.06. The molecule has 7 amide bonds. The lowest BCUT2D eigenvalue weighted by molar-refractivity contribution is -0.145. The molecule has 392 valence electrons. The summed E-state index contributed by atoms with van der Waals surface area (Å²) in [5.74, 6) is -7.42. The van der Waals surface area contributed by atoms with Crippen molar-refractivity contribution in [2.24, 2.45) is 34.0 Å². The van der Waals surface area contributed by atoms with Gasteiger partial charge in [0.05, 0.1) is 12.4 Å². The molecule has 23 heteroatoms. The van der Waals surface area contributed by atoms with Crippen LogP contribution < -0.4 is 49.1 Å². The van der Waals surface area contributed by atoms with Crippen LogP contribution in [0.15, 0.2) is 72.1 Å². The molecule has 1 aliphatic heterocycles. The van der Waals surface area contributed by atoms with Gasteiger partial charge in [-0.25, -0.2) is 9.78 Å². The molecule has 23 nitrogen and oxygen atoms in total. The van der Waals surface area contributed by atoms with Crippen LogP contribution in [0.3, 0.4) is 0 Å². The quantitative estimate of drug-likeness (QED) is 0.0254. The van der Waals surface area contributed by atoms with Crippen LogP contribution in [0.4, 0.5) is 0 Å². The molecule has 0 bridgehead atoms. The summed E-state index contributed by atoms with van der Waals surface area (Å²) < 4.78 is 0. The molecule has 0 saturated carbocycles. The van der Waals surface area contributed by atoms with Crippen LogP contribution in [0.5, 0.6) is 5.75 Å². The number of benzene rings is 2. The maximum Gasteiger partial charge on any atom is 0.326 e. The van der Waals surface area contributed by atoms with Gasteiger partial charge in [0.1, 0.15) is 48.0 Å². The second-order valence-electron chi connectivity index (χ2n) is 18.5. The lowest BCUT2D eigenvalue weighted by Crippen LogP contribution is -2.62. The number of carbonyl (C=O) groups excluding carboxylic acids is 7. The van der Waals surface area contributed by atoms with E-state index in [2.05, 4.69) is 46.9 Å². The molecule has 0 aliphatic carbocycles. The molecule has 1 aliphatic rings. The number of hydrogen-bond acceptors (Lipinski definition) is 12. The summed E-state index contributed by atoms with van der Waals surface area (Å²) in [6.45, 7) is 8.62. The van der Waals surface area contributed by atoms with Crippen LogP contribution in [-0.2, 0) is 57.6 Å². The zero-order valence-electron chi connectivity index (χ0n) is 41.4. The molecule has 3 aromatic rings. The van der Waals surface area contributed by atoms with Gasteiger partial charge in [0.25, 0.3) is 0 Å². The van der Waals surface area contributed by atoms with Crippen molar-refractivity contribution >= 4 is 53.3 Å². The number of imidazole rings is 1. The lowest BCUT2D eigenvalue weighted by atomic mass is 9.96. The van der Waals surface area contributed by atoms with Gasteiger partial charge in [0.15, 0.2) is 5.96 Å². The van der Waals surface area contributed by atoms with Crippen molar-refractivity contribution in [1.82, 2.24) is 46.8 Å². The second kappa shape index (κ2) is 27.7. The third kappa shape index (κ3) is 17.4. The predicted octanol–water partition coefficient (Wildman–Crippen LogP) is -0.770. The van der Waals surface area contributed by atoms with Gasteiger partial charge in [-0.05, 0) is 67.7 Å². The number of aromatic amines is 1. The van der Waals surface area contributed by atoms with E-state index in [0.717, 1.165) is 0 Å². The Labute approximate surface area is 418 Å². The highest BCUT2D eigenvalue weighted by Crippen LogP contribution is 2.21. The Bertz CT molecular complexity index is 2330. The van der Waals surface area contributed by atoms with E-state index in [1.807, 2.05) is 0 Å². The first-order valence-corrected chi connectivity index (χ1v) is 24.1. The minimum Gasteiger partial charge on any atom is -0.508 e. The largest absolute Gasteiger partial charge is 0.508 e. The molecule has 1 saturated heterocycles. The van der Waals surface area contributed by atoms with Gasteiger partial charge in [0, 0.05) is 44.2 Å². The van der Waals surface area contributed by atoms with Crippen LogP contribution in [0.25, 0.3) is 0 Å². The number of aromatic hydroxyl groups is 1. The summed E-state index contributed by atoms with van der Waals surface area (Å²) in [7, 11) is 0. The number of aliphatic imine (C=N–C) groups is 1. The molecule has 0 spiro atoms. The molecule has 0 radical (unpaired) electrons. The normalized spacial score (nSPS) is 16.6. The molecule has 72 heavy (non-hydrogen) atoms. The van der Waals surface area contributed by atoms with Crippen LogP contribution in [0, 0.1) is 11.8 Å². The molecular weight excluding hydrogens is 931 g/mol. The highest BCUT2D eigenvalue weighted by molar-refractivity contribution is 5.98. The Kier molecular flexibility index (Phi) is 22.0. The van der Waals surface area contributed by atoms with E-state index in [0.29, 0.717) is 29.7 Å². The zero-order chi connectivity index (χ0) is 53.1. The molecule has 2 heterocycles. The lowest BCUT2D eigenvalue weighted by Gasteiger charge is -2.32. The number of likely N-dealkylation sites (tertiary alicyclic amines) is 1. The fourth-order valence-corrected chi connectivity index (χ4v) is 8.06. The van der Waals surface area contributed by atoms with E-state index >= 15 is 0 Å². The third-order valence-corrected chi connectivity index (χ3v) is 12.4. The number of rotatable bonds is 27. The number of nitrogens with one attached hydrogen (secondary N) is 7. The summed E-state index contributed by atoms with van der Waals surface area (Å²) >= 11 is 0. The minimum absolute atomic E-state index is 0.0121. The number of phenolic OH excluding ortho intramolecular Hbond substituents is 1. The summed E-state index contributed by atoms with van der Waals surface area (Å²) in [6, 6.07) is 5.14. The first-order valence-electron chi connectivity index (χ1n) is 24.1. The molecule has 2 aromatic carbocycles. The van der Waals surface area contributed by atoms with E-state index in [9.17, 15) is 48.6 Å². The van der Waals surface area contributed by atoms with Crippen LogP contribution in [0.1, 0.15) is 83.5 Å². The van der Waals surface area contributed by atoms with E-state index in [-0.39, 0.29) is 63.3 Å². The van der Waals surface area contributed by atoms with Gasteiger partial charge >= 0.3 is 5.97 Å². The number of phenols is 1. The molecule has 9 atom stereocenters. The fraction of sp³-hybridized carbons (Fsp3) is 0.510. The smallest absolute Gasteiger partial charge is 0.326 e. The first-order chi connectivity index (χ1) is 34.2. The number of carboxylic acid groups (broad SMARTS) is 1. The molecule has 15 N–H and O–H groups in total. The van der Waals surface area contributed by atoms with Gasteiger partial charge < -0.3 is 69.2 Å². The van der Waals surface area contributed by atoms with E-state index < -0.39 is 107 Å². The number of H-pyrrole nitrogens is 1. The molecule has 0 unspecified atom stereocenters. The number of carboxylic acids is 1. The highest BCUT2D eigenvalue weighted by atomic mass is 16.4.